The van der Waals surface area contributed by atoms with E-state index in [0.29, 0.717) is 11.6 Å². The zero-order valence-electron chi connectivity index (χ0n) is 22.2. The molecule has 208 valence electrons. The lowest BCUT2D eigenvalue weighted by Gasteiger charge is -2.33. The van der Waals surface area contributed by atoms with Gasteiger partial charge in [-0.3, -0.25) is 13.9 Å². The summed E-state index contributed by atoms with van der Waals surface area (Å²) in [5.74, 6) is -0.851. The van der Waals surface area contributed by atoms with E-state index in [9.17, 15) is 18.0 Å². The van der Waals surface area contributed by atoms with Crippen molar-refractivity contribution in [2.45, 2.75) is 39.3 Å². The highest BCUT2D eigenvalue weighted by Gasteiger charge is 2.33. The number of carbonyl (C=O) groups is 2. The minimum atomic E-state index is -3.92. The Kier molecular flexibility index (Phi) is 10.8. The molecule has 3 aromatic rings. The maximum atomic E-state index is 14.0. The van der Waals surface area contributed by atoms with Crippen LogP contribution < -0.4 is 9.62 Å². The highest BCUT2D eigenvalue weighted by Crippen LogP contribution is 2.30. The molecule has 0 aliphatic heterocycles. The molecular weight excluding hydrogens is 557 g/mol. The number of carbonyl (C=O) groups excluding carboxylic acids is 2. The zero-order chi connectivity index (χ0) is 28.6. The highest BCUT2D eigenvalue weighted by molar-refractivity contribution is 7.92. The van der Waals surface area contributed by atoms with Crippen LogP contribution in [-0.2, 0) is 32.6 Å². The molecule has 7 nitrogen and oxygen atoms in total. The number of rotatable bonds is 12. The van der Waals surface area contributed by atoms with Gasteiger partial charge in [0.2, 0.25) is 21.8 Å². The number of sulfonamides is 1. The third-order valence-corrected chi connectivity index (χ3v) is 7.82. The van der Waals surface area contributed by atoms with Crippen LogP contribution in [0.4, 0.5) is 5.69 Å². The quantitative estimate of drug-likeness (QED) is 0.313. The van der Waals surface area contributed by atoms with Crippen molar-refractivity contribution in [2.24, 2.45) is 0 Å². The Labute approximate surface area is 240 Å². The van der Waals surface area contributed by atoms with Crippen molar-refractivity contribution < 1.29 is 18.0 Å². The number of halogens is 2. The third kappa shape index (κ3) is 8.71. The number of hydrogen-bond acceptors (Lipinski definition) is 4. The number of amides is 2. The molecule has 0 fully saturated rings. The second kappa shape index (κ2) is 13.8. The van der Waals surface area contributed by atoms with Crippen LogP contribution in [0.3, 0.4) is 0 Å². The van der Waals surface area contributed by atoms with Gasteiger partial charge in [-0.2, -0.15) is 0 Å². The van der Waals surface area contributed by atoms with E-state index in [1.165, 1.54) is 23.1 Å². The van der Waals surface area contributed by atoms with Crippen molar-refractivity contribution in [2.75, 3.05) is 23.7 Å². The molecule has 3 aromatic carbocycles. The first kappa shape index (κ1) is 30.5. The molecule has 0 saturated heterocycles. The molecule has 0 saturated carbocycles. The number of nitrogens with one attached hydrogen (secondary N) is 1. The molecule has 2 amide bonds. The Balaban J connectivity index is 2.05. The van der Waals surface area contributed by atoms with Crippen molar-refractivity contribution >= 4 is 50.7 Å². The van der Waals surface area contributed by atoms with Crippen LogP contribution in [0, 0.1) is 6.92 Å². The summed E-state index contributed by atoms with van der Waals surface area (Å²) in [7, 11) is -3.92. The molecule has 0 aliphatic rings. The van der Waals surface area contributed by atoms with Crippen molar-refractivity contribution in [1.29, 1.82) is 0 Å². The first-order valence-electron chi connectivity index (χ1n) is 12.6. The van der Waals surface area contributed by atoms with E-state index >= 15 is 0 Å². The van der Waals surface area contributed by atoms with Gasteiger partial charge in [0, 0.05) is 24.5 Å². The maximum Gasteiger partial charge on any atom is 0.244 e. The van der Waals surface area contributed by atoms with Gasteiger partial charge in [0.15, 0.2) is 0 Å². The van der Waals surface area contributed by atoms with Gasteiger partial charge in [0.25, 0.3) is 0 Å². The van der Waals surface area contributed by atoms with E-state index in [0.717, 1.165) is 33.7 Å². The van der Waals surface area contributed by atoms with Gasteiger partial charge < -0.3 is 10.2 Å². The minimum Gasteiger partial charge on any atom is -0.354 e. The lowest BCUT2D eigenvalue weighted by Crippen LogP contribution is -2.53. The molecule has 0 heterocycles. The predicted octanol–water partition coefficient (Wildman–Crippen LogP) is 5.23. The van der Waals surface area contributed by atoms with Gasteiger partial charge in [0.05, 0.1) is 17.0 Å². The fraction of sp³-hybridized carbons (Fsp3) is 0.310. The maximum absolute atomic E-state index is 14.0. The molecule has 1 atom stereocenters. The summed E-state index contributed by atoms with van der Waals surface area (Å²) < 4.78 is 26.6. The van der Waals surface area contributed by atoms with Gasteiger partial charge in [-0.15, -0.1) is 0 Å². The Hall–Kier alpha value is -3.07. The lowest BCUT2D eigenvalue weighted by molar-refractivity contribution is -0.140. The van der Waals surface area contributed by atoms with E-state index in [1.807, 2.05) is 68.4 Å². The second-order valence-corrected chi connectivity index (χ2v) is 12.1. The zero-order valence-corrected chi connectivity index (χ0v) is 24.6. The Bertz CT molecular complexity index is 1380. The van der Waals surface area contributed by atoms with Gasteiger partial charge in [-0.05, 0) is 42.7 Å². The van der Waals surface area contributed by atoms with E-state index in [-0.39, 0.29) is 29.6 Å². The summed E-state index contributed by atoms with van der Waals surface area (Å²) in [6.07, 6.45) is 1.99. The molecule has 0 spiro atoms. The Morgan fingerprint density at radius 3 is 2.21 bits per heavy atom. The van der Waals surface area contributed by atoms with E-state index in [2.05, 4.69) is 5.32 Å². The van der Waals surface area contributed by atoms with Crippen LogP contribution in [0.5, 0.6) is 0 Å². The van der Waals surface area contributed by atoms with Crippen LogP contribution >= 0.6 is 23.2 Å². The normalized spacial score (nSPS) is 12.0. The molecule has 1 N–H and O–H groups in total. The first-order chi connectivity index (χ1) is 18.5. The largest absolute Gasteiger partial charge is 0.354 e. The van der Waals surface area contributed by atoms with Crippen molar-refractivity contribution in [3.63, 3.8) is 0 Å². The molecule has 0 bridgehead atoms. The molecular formula is C29H33Cl2N3O4S. The van der Waals surface area contributed by atoms with E-state index in [1.54, 1.807) is 0 Å². The topological polar surface area (TPSA) is 86.8 Å². The first-order valence-corrected chi connectivity index (χ1v) is 15.2. The third-order valence-electron chi connectivity index (χ3n) is 6.15. The number of nitrogens with zero attached hydrogens (tertiary/aromatic N) is 2. The van der Waals surface area contributed by atoms with Crippen molar-refractivity contribution in [1.82, 2.24) is 10.2 Å². The van der Waals surface area contributed by atoms with Gasteiger partial charge >= 0.3 is 0 Å². The van der Waals surface area contributed by atoms with Crippen LogP contribution in [0.15, 0.2) is 72.8 Å². The molecule has 0 aromatic heterocycles. The number of aryl methyl sites for hydroxylation is 1. The highest BCUT2D eigenvalue weighted by atomic mass is 35.5. The van der Waals surface area contributed by atoms with E-state index < -0.39 is 28.5 Å². The lowest BCUT2D eigenvalue weighted by atomic mass is 10.0. The fourth-order valence-corrected chi connectivity index (χ4v) is 5.51. The molecule has 10 heteroatoms. The van der Waals surface area contributed by atoms with Crippen molar-refractivity contribution in [3.05, 3.63) is 99.5 Å². The summed E-state index contributed by atoms with van der Waals surface area (Å²) in [5.41, 5.74) is 2.86. The fourth-order valence-electron chi connectivity index (χ4n) is 4.09. The predicted molar refractivity (Wildman–Crippen MR) is 158 cm³/mol. The van der Waals surface area contributed by atoms with Gasteiger partial charge in [-0.1, -0.05) is 90.3 Å². The monoisotopic (exact) mass is 589 g/mol. The molecule has 1 unspecified atom stereocenters. The van der Waals surface area contributed by atoms with Crippen molar-refractivity contribution in [3.8, 4) is 0 Å². The number of anilines is 1. The van der Waals surface area contributed by atoms with Gasteiger partial charge in [0.1, 0.15) is 12.6 Å². The Morgan fingerprint density at radius 2 is 1.62 bits per heavy atom. The van der Waals surface area contributed by atoms with E-state index in [4.69, 9.17) is 23.2 Å². The second-order valence-electron chi connectivity index (χ2n) is 9.37. The van der Waals surface area contributed by atoms with Crippen LogP contribution in [0.2, 0.25) is 10.0 Å². The number of benzene rings is 3. The average Bonchev–Trinajstić information content (AvgIpc) is 2.89. The van der Waals surface area contributed by atoms with Gasteiger partial charge in [-0.25, -0.2) is 8.42 Å². The SMILES string of the molecule is CCCNC(=O)C(Cc1ccccc1)N(Cc1ccc(C)cc1)C(=O)CN(c1ccc(Cl)cc1Cl)S(C)(=O)=O. The molecule has 0 aliphatic carbocycles. The summed E-state index contributed by atoms with van der Waals surface area (Å²) in [6.45, 7) is 3.93. The summed E-state index contributed by atoms with van der Waals surface area (Å²) in [4.78, 5) is 28.9. The van der Waals surface area contributed by atoms with Crippen LogP contribution in [-0.4, -0.2) is 50.5 Å². The standard InChI is InChI=1S/C29H33Cl2N3O4S/c1-4-16-32-29(36)27(17-22-8-6-5-7-9-22)33(19-23-12-10-21(2)11-13-23)28(35)20-34(39(3,37)38)26-15-14-24(30)18-25(26)31/h5-15,18,27H,4,16-17,19-20H2,1-3H3,(H,32,36). The molecule has 39 heavy (non-hydrogen) atoms. The number of hydrogen-bond donors (Lipinski definition) is 1. The smallest absolute Gasteiger partial charge is 0.244 e. The minimum absolute atomic E-state index is 0.0901. The average molecular weight is 591 g/mol. The summed E-state index contributed by atoms with van der Waals surface area (Å²) >= 11 is 12.4. The Morgan fingerprint density at radius 1 is 0.949 bits per heavy atom. The van der Waals surface area contributed by atoms with Crippen LogP contribution in [0.25, 0.3) is 0 Å². The summed E-state index contributed by atoms with van der Waals surface area (Å²) in [6, 6.07) is 20.6. The summed E-state index contributed by atoms with van der Waals surface area (Å²) in [5, 5.41) is 3.34. The molecule has 3 rings (SSSR count). The van der Waals surface area contributed by atoms with Crippen LogP contribution in [0.1, 0.15) is 30.0 Å². The molecule has 0 radical (unpaired) electrons.